The molecule has 0 saturated heterocycles. The number of aliphatic hydroxyl groups excluding tert-OH is 1. The van der Waals surface area contributed by atoms with Gasteiger partial charge in [0.25, 0.3) is 0 Å². The van der Waals surface area contributed by atoms with E-state index in [2.05, 4.69) is 15.6 Å². The molecule has 0 radical (unpaired) electrons. The lowest BCUT2D eigenvalue weighted by Crippen LogP contribution is -2.38. The minimum atomic E-state index is -0.739. The molecule has 0 fully saturated rings. The van der Waals surface area contributed by atoms with Gasteiger partial charge in [-0.05, 0) is 37.6 Å². The Labute approximate surface area is 165 Å². The quantitative estimate of drug-likeness (QED) is 0.233. The van der Waals surface area contributed by atoms with Gasteiger partial charge in [-0.2, -0.15) is 0 Å². The summed E-state index contributed by atoms with van der Waals surface area (Å²) >= 11 is 0. The highest BCUT2D eigenvalue weighted by Gasteiger charge is 2.09. The Hall–Kier alpha value is -1.74. The zero-order valence-corrected chi connectivity index (χ0v) is 16.7. The van der Waals surface area contributed by atoms with Gasteiger partial charge in [0.2, 0.25) is 0 Å². The molecule has 3 N–H and O–H groups in total. The first kappa shape index (κ1) is 21.3. The van der Waals surface area contributed by atoms with Gasteiger partial charge in [0.05, 0.1) is 19.4 Å². The molecule has 0 saturated carbocycles. The normalized spacial score (nSPS) is 12.2. The Kier molecular flexibility index (Phi) is 10.7. The van der Waals surface area contributed by atoms with Crippen LogP contribution in [0.25, 0.3) is 0 Å². The molecule has 0 aliphatic carbocycles. The number of halogens is 1. The van der Waals surface area contributed by atoms with Gasteiger partial charge < -0.3 is 24.9 Å². The van der Waals surface area contributed by atoms with Crippen LogP contribution < -0.4 is 15.4 Å². The van der Waals surface area contributed by atoms with Crippen molar-refractivity contribution in [2.45, 2.75) is 19.4 Å². The van der Waals surface area contributed by atoms with E-state index in [1.54, 1.807) is 18.4 Å². The van der Waals surface area contributed by atoms with Gasteiger partial charge in [-0.15, -0.1) is 24.0 Å². The van der Waals surface area contributed by atoms with Gasteiger partial charge in [-0.25, -0.2) is 0 Å². The molecule has 2 rings (SSSR count). The maximum atomic E-state index is 9.99. The molecule has 2 aromatic rings. The maximum absolute atomic E-state index is 9.99. The fraction of sp³-hybridized carbons (Fsp3) is 0.389. The minimum Gasteiger partial charge on any atom is -0.494 e. The van der Waals surface area contributed by atoms with E-state index in [-0.39, 0.29) is 30.5 Å². The maximum Gasteiger partial charge on any atom is 0.191 e. The third-order valence-corrected chi connectivity index (χ3v) is 3.26. The Bertz CT molecular complexity index is 591. The second-order valence-corrected chi connectivity index (χ2v) is 5.19. The lowest BCUT2D eigenvalue weighted by Gasteiger charge is -2.12. The summed E-state index contributed by atoms with van der Waals surface area (Å²) in [6, 6.07) is 13.2. The van der Waals surface area contributed by atoms with Crippen molar-refractivity contribution in [3.05, 3.63) is 54.5 Å². The fourth-order valence-corrected chi connectivity index (χ4v) is 2.08. The molecule has 6 nitrogen and oxygen atoms in total. The smallest absolute Gasteiger partial charge is 0.191 e. The van der Waals surface area contributed by atoms with Crippen molar-refractivity contribution in [1.82, 2.24) is 10.6 Å². The van der Waals surface area contributed by atoms with Crippen LogP contribution in [0.3, 0.4) is 0 Å². The lowest BCUT2D eigenvalue weighted by molar-refractivity contribution is 0.158. The highest BCUT2D eigenvalue weighted by molar-refractivity contribution is 14.0. The number of ether oxygens (including phenoxy) is 1. The molecule has 1 aromatic carbocycles. The van der Waals surface area contributed by atoms with Crippen molar-refractivity contribution in [2.24, 2.45) is 4.99 Å². The summed E-state index contributed by atoms with van der Waals surface area (Å²) in [5.74, 6) is 2.06. The van der Waals surface area contributed by atoms with Crippen LogP contribution in [0.15, 0.2) is 58.1 Å². The van der Waals surface area contributed by atoms with Gasteiger partial charge in [-0.3, -0.25) is 4.99 Å². The van der Waals surface area contributed by atoms with Crippen molar-refractivity contribution in [2.75, 3.05) is 26.2 Å². The summed E-state index contributed by atoms with van der Waals surface area (Å²) in [5.41, 5.74) is 0. The molecular weight excluding hydrogens is 433 g/mol. The Morgan fingerprint density at radius 3 is 2.68 bits per heavy atom. The number of rotatable bonds is 9. The van der Waals surface area contributed by atoms with Gasteiger partial charge in [0.15, 0.2) is 5.96 Å². The zero-order valence-electron chi connectivity index (χ0n) is 14.4. The zero-order chi connectivity index (χ0) is 17.0. The average Bonchev–Trinajstić information content (AvgIpc) is 3.14. The molecule has 25 heavy (non-hydrogen) atoms. The minimum absolute atomic E-state index is 0. The van der Waals surface area contributed by atoms with E-state index in [4.69, 9.17) is 9.15 Å². The molecule has 0 bridgehead atoms. The van der Waals surface area contributed by atoms with Gasteiger partial charge in [-0.1, -0.05) is 18.2 Å². The Balaban J connectivity index is 0.00000312. The summed E-state index contributed by atoms with van der Waals surface area (Å²) < 4.78 is 10.8. The molecule has 1 aromatic heterocycles. The summed E-state index contributed by atoms with van der Waals surface area (Å²) in [4.78, 5) is 4.37. The number of furan rings is 1. The molecule has 7 heteroatoms. The van der Waals surface area contributed by atoms with Crippen molar-refractivity contribution in [3.63, 3.8) is 0 Å². The second kappa shape index (κ2) is 12.6. The number of aliphatic imine (C=N–C) groups is 1. The van der Waals surface area contributed by atoms with E-state index in [1.165, 1.54) is 0 Å². The lowest BCUT2D eigenvalue weighted by atomic mass is 10.3. The number of hydrogen-bond acceptors (Lipinski definition) is 4. The van der Waals surface area contributed by atoms with Crippen LogP contribution in [0, 0.1) is 0 Å². The number of aliphatic hydroxyl groups is 1. The number of para-hydroxylation sites is 1. The van der Waals surface area contributed by atoms with Crippen molar-refractivity contribution in [3.8, 4) is 5.75 Å². The van der Waals surface area contributed by atoms with E-state index in [0.29, 0.717) is 18.3 Å². The SMILES string of the molecule is CCNC(=NCC(O)c1ccco1)NCCCOc1ccccc1.I. The monoisotopic (exact) mass is 459 g/mol. The van der Waals surface area contributed by atoms with Crippen LogP contribution in [0.2, 0.25) is 0 Å². The Morgan fingerprint density at radius 2 is 2.00 bits per heavy atom. The number of nitrogens with one attached hydrogen (secondary N) is 2. The Morgan fingerprint density at radius 1 is 1.20 bits per heavy atom. The highest BCUT2D eigenvalue weighted by Crippen LogP contribution is 2.12. The topological polar surface area (TPSA) is 79.0 Å². The highest BCUT2D eigenvalue weighted by atomic mass is 127. The molecule has 138 valence electrons. The van der Waals surface area contributed by atoms with E-state index in [1.807, 2.05) is 37.3 Å². The molecule has 1 atom stereocenters. The molecule has 0 aliphatic heterocycles. The van der Waals surface area contributed by atoms with Gasteiger partial charge in [0.1, 0.15) is 17.6 Å². The van der Waals surface area contributed by atoms with E-state index in [0.717, 1.165) is 25.3 Å². The van der Waals surface area contributed by atoms with E-state index >= 15 is 0 Å². The van der Waals surface area contributed by atoms with Crippen molar-refractivity contribution >= 4 is 29.9 Å². The number of benzene rings is 1. The fourth-order valence-electron chi connectivity index (χ4n) is 2.08. The van der Waals surface area contributed by atoms with Crippen LogP contribution in [-0.2, 0) is 0 Å². The number of guanidine groups is 1. The summed E-state index contributed by atoms with van der Waals surface area (Å²) in [6.07, 6.45) is 1.65. The third-order valence-electron chi connectivity index (χ3n) is 3.26. The van der Waals surface area contributed by atoms with Crippen LogP contribution >= 0.6 is 24.0 Å². The molecule has 1 unspecified atom stereocenters. The second-order valence-electron chi connectivity index (χ2n) is 5.19. The van der Waals surface area contributed by atoms with Crippen LogP contribution in [-0.4, -0.2) is 37.3 Å². The van der Waals surface area contributed by atoms with E-state index < -0.39 is 6.10 Å². The summed E-state index contributed by atoms with van der Waals surface area (Å²) in [6.45, 7) is 4.35. The summed E-state index contributed by atoms with van der Waals surface area (Å²) in [7, 11) is 0. The van der Waals surface area contributed by atoms with E-state index in [9.17, 15) is 5.11 Å². The van der Waals surface area contributed by atoms with Crippen LogP contribution in [0.5, 0.6) is 5.75 Å². The largest absolute Gasteiger partial charge is 0.494 e. The standard InChI is InChI=1S/C18H25N3O3.HI/c1-2-19-18(21-14-16(22)17-10-6-12-24-17)20-11-7-13-23-15-8-4-3-5-9-15;/h3-6,8-10,12,16,22H,2,7,11,13-14H2,1H3,(H2,19,20,21);1H. The predicted octanol–water partition coefficient (Wildman–Crippen LogP) is 2.96. The molecule has 0 aliphatic rings. The first-order valence-corrected chi connectivity index (χ1v) is 8.21. The van der Waals surface area contributed by atoms with Gasteiger partial charge in [0, 0.05) is 13.1 Å². The average molecular weight is 459 g/mol. The van der Waals surface area contributed by atoms with Crippen LogP contribution in [0.1, 0.15) is 25.2 Å². The molecule has 1 heterocycles. The van der Waals surface area contributed by atoms with Crippen molar-refractivity contribution in [1.29, 1.82) is 0 Å². The summed E-state index contributed by atoms with van der Waals surface area (Å²) in [5, 5.41) is 16.4. The third kappa shape index (κ3) is 8.26. The van der Waals surface area contributed by atoms with Crippen molar-refractivity contribution < 1.29 is 14.3 Å². The predicted molar refractivity (Wildman–Crippen MR) is 110 cm³/mol. The molecular formula is C18H26IN3O3. The number of hydrogen-bond donors (Lipinski definition) is 3. The van der Waals surface area contributed by atoms with Gasteiger partial charge >= 0.3 is 0 Å². The first-order valence-electron chi connectivity index (χ1n) is 8.21. The number of nitrogens with zero attached hydrogens (tertiary/aromatic N) is 1. The first-order chi connectivity index (χ1) is 11.8. The molecule has 0 amide bonds. The van der Waals surface area contributed by atoms with Crippen LogP contribution in [0.4, 0.5) is 0 Å². The molecule has 0 spiro atoms.